The lowest BCUT2D eigenvalue weighted by Gasteiger charge is -2.19. The molecule has 0 aromatic heterocycles. The number of carbonyl (C=O) groups excluding carboxylic acids is 2. The zero-order valence-corrected chi connectivity index (χ0v) is 13.2. The van der Waals surface area contributed by atoms with Crippen LogP contribution in [0.4, 0.5) is 5.69 Å². The van der Waals surface area contributed by atoms with Crippen molar-refractivity contribution in [3.05, 3.63) is 29.8 Å². The molecule has 6 heteroatoms. The minimum absolute atomic E-state index is 0.0520. The van der Waals surface area contributed by atoms with Crippen molar-refractivity contribution < 1.29 is 9.59 Å². The molecule has 1 heterocycles. The summed E-state index contributed by atoms with van der Waals surface area (Å²) in [5, 5.41) is 7.03. The van der Waals surface area contributed by atoms with Gasteiger partial charge in [0.2, 0.25) is 11.8 Å². The molecule has 110 valence electrons. The third-order valence-electron chi connectivity index (χ3n) is 3.76. The number of nitrogens with one attached hydrogen (secondary N) is 2. The molecule has 0 radical (unpaired) electrons. The van der Waals surface area contributed by atoms with Crippen molar-refractivity contribution in [2.45, 2.75) is 24.6 Å². The molecule has 1 aliphatic carbocycles. The topological polar surface area (TPSA) is 70.6 Å². The van der Waals surface area contributed by atoms with Crippen molar-refractivity contribution in [1.82, 2.24) is 5.43 Å². The van der Waals surface area contributed by atoms with E-state index in [2.05, 4.69) is 31.8 Å². The van der Waals surface area contributed by atoms with Crippen LogP contribution in [0.25, 0.3) is 0 Å². The number of amides is 2. The Morgan fingerprint density at radius 1 is 1.38 bits per heavy atom. The molecule has 21 heavy (non-hydrogen) atoms. The van der Waals surface area contributed by atoms with Crippen molar-refractivity contribution in [2.75, 3.05) is 5.32 Å². The highest BCUT2D eigenvalue weighted by Gasteiger charge is 2.40. The number of hydrazone groups is 1. The summed E-state index contributed by atoms with van der Waals surface area (Å²) in [6, 6.07) is 7.57. The summed E-state index contributed by atoms with van der Waals surface area (Å²) < 4.78 is 0. The van der Waals surface area contributed by atoms with Gasteiger partial charge in [-0.05, 0) is 24.1 Å². The molecule has 1 aromatic carbocycles. The molecule has 3 rings (SSSR count). The predicted molar refractivity (Wildman–Crippen MR) is 84.4 cm³/mol. The maximum Gasteiger partial charge on any atom is 0.240 e. The van der Waals surface area contributed by atoms with Crippen molar-refractivity contribution in [3.8, 4) is 0 Å². The number of carbonyl (C=O) groups is 2. The van der Waals surface area contributed by atoms with E-state index in [-0.39, 0.29) is 23.7 Å². The molecule has 1 aliphatic heterocycles. The monoisotopic (exact) mass is 349 g/mol. The fourth-order valence-corrected chi connectivity index (χ4v) is 3.04. The number of hydrogen-bond acceptors (Lipinski definition) is 3. The Balaban J connectivity index is 1.69. The number of benzene rings is 1. The Morgan fingerprint density at radius 3 is 2.62 bits per heavy atom. The highest BCUT2D eigenvalue weighted by molar-refractivity contribution is 9.09. The first-order chi connectivity index (χ1) is 10.0. The van der Waals surface area contributed by atoms with E-state index in [1.165, 1.54) is 0 Å². The van der Waals surface area contributed by atoms with Crippen LogP contribution < -0.4 is 10.7 Å². The molecule has 3 atom stereocenters. The minimum atomic E-state index is -0.0520. The maximum absolute atomic E-state index is 11.8. The van der Waals surface area contributed by atoms with Gasteiger partial charge in [0, 0.05) is 22.9 Å². The number of anilines is 1. The number of nitrogens with zero attached hydrogens (tertiary/aromatic N) is 1. The maximum atomic E-state index is 11.8. The van der Waals surface area contributed by atoms with E-state index in [1.54, 1.807) is 0 Å². The van der Waals surface area contributed by atoms with Gasteiger partial charge in [0.05, 0.1) is 11.6 Å². The smallest absolute Gasteiger partial charge is 0.240 e. The van der Waals surface area contributed by atoms with Crippen LogP contribution in [-0.4, -0.2) is 22.4 Å². The SMILES string of the molecule is CC1CC(=O)NN=C1c1ccc(NC(=O)C2CC2Br)cc1. The Bertz CT molecular complexity index is 612. The van der Waals surface area contributed by atoms with Crippen molar-refractivity contribution >= 4 is 39.1 Å². The molecule has 2 N–H and O–H groups in total. The first-order valence-corrected chi connectivity index (χ1v) is 7.88. The molecular weight excluding hydrogens is 334 g/mol. The number of halogens is 1. The van der Waals surface area contributed by atoms with Gasteiger partial charge in [-0.15, -0.1) is 0 Å². The van der Waals surface area contributed by atoms with Crippen molar-refractivity contribution in [2.24, 2.45) is 16.9 Å². The van der Waals surface area contributed by atoms with Crippen LogP contribution in [0.1, 0.15) is 25.3 Å². The molecule has 0 spiro atoms. The summed E-state index contributed by atoms with van der Waals surface area (Å²) in [6.07, 6.45) is 1.35. The third kappa shape index (κ3) is 3.15. The van der Waals surface area contributed by atoms with E-state index < -0.39 is 0 Å². The van der Waals surface area contributed by atoms with E-state index >= 15 is 0 Å². The van der Waals surface area contributed by atoms with Crippen LogP contribution in [0.3, 0.4) is 0 Å². The molecule has 2 amide bonds. The Hall–Kier alpha value is -1.69. The number of hydrogen-bond donors (Lipinski definition) is 2. The lowest BCUT2D eigenvalue weighted by molar-refractivity contribution is -0.122. The van der Waals surface area contributed by atoms with Gasteiger partial charge in [-0.3, -0.25) is 9.59 Å². The molecule has 5 nitrogen and oxygen atoms in total. The molecular formula is C15H16BrN3O2. The fraction of sp³-hybridized carbons (Fsp3) is 0.400. The van der Waals surface area contributed by atoms with E-state index in [0.29, 0.717) is 11.2 Å². The van der Waals surface area contributed by atoms with Crippen LogP contribution in [0, 0.1) is 11.8 Å². The zero-order valence-electron chi connectivity index (χ0n) is 11.6. The average molecular weight is 350 g/mol. The molecule has 0 saturated heterocycles. The quantitative estimate of drug-likeness (QED) is 0.821. The Morgan fingerprint density at radius 2 is 2.05 bits per heavy atom. The summed E-state index contributed by atoms with van der Waals surface area (Å²) in [5.41, 5.74) is 5.12. The largest absolute Gasteiger partial charge is 0.326 e. The minimum Gasteiger partial charge on any atom is -0.326 e. The predicted octanol–water partition coefficient (Wildman–Crippen LogP) is 2.27. The zero-order chi connectivity index (χ0) is 15.0. The van der Waals surface area contributed by atoms with Gasteiger partial charge in [-0.25, -0.2) is 5.43 Å². The van der Waals surface area contributed by atoms with E-state index in [4.69, 9.17) is 0 Å². The van der Waals surface area contributed by atoms with Gasteiger partial charge in [-0.2, -0.15) is 5.10 Å². The van der Waals surface area contributed by atoms with Gasteiger partial charge >= 0.3 is 0 Å². The molecule has 3 unspecified atom stereocenters. The highest BCUT2D eigenvalue weighted by atomic mass is 79.9. The van der Waals surface area contributed by atoms with Crippen LogP contribution >= 0.6 is 15.9 Å². The second-order valence-electron chi connectivity index (χ2n) is 5.56. The van der Waals surface area contributed by atoms with Gasteiger partial charge in [-0.1, -0.05) is 35.0 Å². The average Bonchev–Trinajstić information content (AvgIpc) is 3.17. The fourth-order valence-electron chi connectivity index (χ4n) is 2.40. The summed E-state index contributed by atoms with van der Waals surface area (Å²) >= 11 is 3.43. The standard InChI is InChI=1S/C15H16BrN3O2/c1-8-6-13(20)18-19-14(8)9-2-4-10(5-3-9)17-15(21)11-7-12(11)16/h2-5,8,11-12H,6-7H2,1H3,(H,17,21)(H,18,20). The van der Waals surface area contributed by atoms with Crippen LogP contribution in [0.5, 0.6) is 0 Å². The van der Waals surface area contributed by atoms with Crippen LogP contribution in [0.15, 0.2) is 29.4 Å². The van der Waals surface area contributed by atoms with Gasteiger partial charge in [0.25, 0.3) is 0 Å². The van der Waals surface area contributed by atoms with E-state index in [1.807, 2.05) is 31.2 Å². The van der Waals surface area contributed by atoms with Gasteiger partial charge < -0.3 is 5.32 Å². The van der Waals surface area contributed by atoms with E-state index in [0.717, 1.165) is 23.4 Å². The molecule has 1 aromatic rings. The highest BCUT2D eigenvalue weighted by Crippen LogP contribution is 2.38. The van der Waals surface area contributed by atoms with E-state index in [9.17, 15) is 9.59 Å². The van der Waals surface area contributed by atoms with Crippen molar-refractivity contribution in [3.63, 3.8) is 0 Å². The second kappa shape index (κ2) is 5.60. The first-order valence-electron chi connectivity index (χ1n) is 6.96. The Labute approximate surface area is 131 Å². The Kier molecular flexibility index (Phi) is 3.80. The lowest BCUT2D eigenvalue weighted by atomic mass is 9.94. The van der Waals surface area contributed by atoms with Crippen LogP contribution in [-0.2, 0) is 9.59 Å². The molecule has 1 saturated carbocycles. The number of alkyl halides is 1. The normalized spacial score (nSPS) is 27.6. The molecule has 0 bridgehead atoms. The third-order valence-corrected chi connectivity index (χ3v) is 4.77. The van der Waals surface area contributed by atoms with Gasteiger partial charge in [0.1, 0.15) is 0 Å². The van der Waals surface area contributed by atoms with Gasteiger partial charge in [0.15, 0.2) is 0 Å². The lowest BCUT2D eigenvalue weighted by Crippen LogP contribution is -2.31. The summed E-state index contributed by atoms with van der Waals surface area (Å²) in [6.45, 7) is 1.98. The molecule has 1 fully saturated rings. The first kappa shape index (κ1) is 14.3. The molecule has 2 aliphatic rings. The summed E-state index contributed by atoms with van der Waals surface area (Å²) in [7, 11) is 0. The van der Waals surface area contributed by atoms with Crippen LogP contribution in [0.2, 0.25) is 0 Å². The second-order valence-corrected chi connectivity index (χ2v) is 6.74. The van der Waals surface area contributed by atoms with Crippen molar-refractivity contribution in [1.29, 1.82) is 0 Å². The summed E-state index contributed by atoms with van der Waals surface area (Å²) in [5.74, 6) is 0.187. The summed E-state index contributed by atoms with van der Waals surface area (Å²) in [4.78, 5) is 23.4. The number of rotatable bonds is 3.